The zero-order chi connectivity index (χ0) is 49.5. The third-order valence-corrected chi connectivity index (χ3v) is 11.7. The number of carbonyl (C=O) groups is 2. The fourth-order valence-electron chi connectivity index (χ4n) is 7.64. The molecule has 0 rings (SSSR count). The number of nitrogens with zero attached hydrogens (tertiary/aromatic N) is 1. The van der Waals surface area contributed by atoms with Gasteiger partial charge in [0.15, 0.2) is 12.6 Å². The van der Waals surface area contributed by atoms with Gasteiger partial charge in [-0.05, 0) is 167 Å². The van der Waals surface area contributed by atoms with Crippen molar-refractivity contribution >= 4 is 11.9 Å². The van der Waals surface area contributed by atoms with Crippen LogP contribution >= 0.6 is 0 Å². The molecule has 0 fully saturated rings. The van der Waals surface area contributed by atoms with Crippen LogP contribution in [0.3, 0.4) is 0 Å². The molecule has 0 aromatic carbocycles. The van der Waals surface area contributed by atoms with Gasteiger partial charge in [-0.2, -0.15) is 0 Å². The average Bonchev–Trinajstić information content (AvgIpc) is 3.33. The van der Waals surface area contributed by atoms with Gasteiger partial charge in [-0.15, -0.1) is 0 Å². The van der Waals surface area contributed by atoms with Crippen molar-refractivity contribution in [1.82, 2.24) is 4.90 Å². The van der Waals surface area contributed by atoms with Gasteiger partial charge in [0.05, 0.1) is 19.8 Å². The van der Waals surface area contributed by atoms with E-state index in [9.17, 15) is 14.7 Å². The minimum Gasteiger partial charge on any atom is -0.466 e. The van der Waals surface area contributed by atoms with E-state index in [1.165, 1.54) is 0 Å². The summed E-state index contributed by atoms with van der Waals surface area (Å²) in [6, 6.07) is 0. The highest BCUT2D eigenvalue weighted by atomic mass is 16.7. The second-order valence-electron chi connectivity index (χ2n) is 18.2. The van der Waals surface area contributed by atoms with E-state index >= 15 is 0 Å². The van der Waals surface area contributed by atoms with Crippen molar-refractivity contribution in [1.29, 1.82) is 0 Å². The summed E-state index contributed by atoms with van der Waals surface area (Å²) in [5.41, 5.74) is 0. The van der Waals surface area contributed by atoms with Crippen molar-refractivity contribution in [3.05, 3.63) is 48.6 Å². The zero-order valence-corrected chi connectivity index (χ0v) is 44.6. The Bertz CT molecular complexity index is 1040. The molecule has 0 saturated carbocycles. The number of ether oxygens (including phenoxy) is 6. The van der Waals surface area contributed by atoms with Crippen LogP contribution in [0.25, 0.3) is 0 Å². The SMILES string of the molecule is CC/C=C\CCCCOC(CCCC(=O)OCCCCCCCN(CCO)CCCCCCCOC(=O)CCCC(OCCCC/C=C\CC)OCCCC/C=C\CC)OCCCC/C=C\CC. The Morgan fingerprint density at radius 1 is 0.382 bits per heavy atom. The minimum absolute atomic E-state index is 0.130. The number of allylic oxidation sites excluding steroid dienone is 8. The quantitative estimate of drug-likeness (QED) is 0.0274. The summed E-state index contributed by atoms with van der Waals surface area (Å²) in [7, 11) is 0. The van der Waals surface area contributed by atoms with Crippen LogP contribution in [0.15, 0.2) is 48.6 Å². The van der Waals surface area contributed by atoms with E-state index in [4.69, 9.17) is 28.4 Å². The summed E-state index contributed by atoms with van der Waals surface area (Å²) in [5, 5.41) is 9.63. The van der Waals surface area contributed by atoms with Gasteiger partial charge in [-0.1, -0.05) is 115 Å². The minimum atomic E-state index is -0.262. The largest absolute Gasteiger partial charge is 0.466 e. The molecule has 0 radical (unpaired) electrons. The lowest BCUT2D eigenvalue weighted by Crippen LogP contribution is -2.29. The van der Waals surface area contributed by atoms with E-state index in [2.05, 4.69) is 81.2 Å². The summed E-state index contributed by atoms with van der Waals surface area (Å²) in [5.74, 6) is -0.261. The van der Waals surface area contributed by atoms with Crippen LogP contribution in [-0.2, 0) is 38.0 Å². The lowest BCUT2D eigenvalue weighted by molar-refractivity contribution is -0.152. The molecule has 0 saturated heterocycles. The van der Waals surface area contributed by atoms with Crippen molar-refractivity contribution in [3.8, 4) is 0 Å². The van der Waals surface area contributed by atoms with Crippen LogP contribution in [0.5, 0.6) is 0 Å². The lowest BCUT2D eigenvalue weighted by atomic mass is 10.1. The van der Waals surface area contributed by atoms with Gasteiger partial charge < -0.3 is 38.4 Å². The predicted octanol–water partition coefficient (Wildman–Crippen LogP) is 14.9. The highest BCUT2D eigenvalue weighted by Crippen LogP contribution is 2.14. The Hall–Kier alpha value is -2.34. The van der Waals surface area contributed by atoms with Crippen molar-refractivity contribution in [2.45, 2.75) is 246 Å². The highest BCUT2D eigenvalue weighted by Gasteiger charge is 2.14. The molecule has 0 aromatic rings. The number of carbonyl (C=O) groups excluding carboxylic acids is 2. The molecule has 0 heterocycles. The Morgan fingerprint density at radius 3 is 1.01 bits per heavy atom. The maximum atomic E-state index is 12.4. The van der Waals surface area contributed by atoms with E-state index in [1.54, 1.807) is 0 Å². The van der Waals surface area contributed by atoms with Crippen LogP contribution in [0.4, 0.5) is 0 Å². The molecule has 0 atom stereocenters. The number of aliphatic hydroxyl groups is 1. The molecule has 0 aliphatic rings. The molecule has 0 bridgehead atoms. The first-order valence-corrected chi connectivity index (χ1v) is 28.2. The Labute approximate surface area is 418 Å². The van der Waals surface area contributed by atoms with Crippen LogP contribution in [-0.4, -0.2) is 100 Å². The molecular weight excluding hydrogens is 855 g/mol. The van der Waals surface area contributed by atoms with Crippen LogP contribution in [0, 0.1) is 0 Å². The van der Waals surface area contributed by atoms with Crippen molar-refractivity contribution < 1.29 is 43.1 Å². The second-order valence-corrected chi connectivity index (χ2v) is 18.2. The molecule has 0 unspecified atom stereocenters. The van der Waals surface area contributed by atoms with Crippen LogP contribution in [0.1, 0.15) is 233 Å². The monoisotopic (exact) mass is 962 g/mol. The maximum absolute atomic E-state index is 12.4. The fourth-order valence-corrected chi connectivity index (χ4v) is 7.64. The Kier molecular flexibility index (Phi) is 53.7. The molecule has 0 spiro atoms. The number of aliphatic hydroxyl groups excluding tert-OH is 1. The van der Waals surface area contributed by atoms with Gasteiger partial charge in [-0.3, -0.25) is 9.59 Å². The van der Waals surface area contributed by atoms with Gasteiger partial charge in [0, 0.05) is 45.8 Å². The smallest absolute Gasteiger partial charge is 0.305 e. The first-order chi connectivity index (χ1) is 33.5. The van der Waals surface area contributed by atoms with E-state index in [0.717, 1.165) is 180 Å². The number of hydrogen-bond donors (Lipinski definition) is 1. The summed E-state index contributed by atoms with van der Waals surface area (Å²) in [4.78, 5) is 27.3. The van der Waals surface area contributed by atoms with E-state index in [0.29, 0.717) is 84.7 Å². The maximum Gasteiger partial charge on any atom is 0.305 e. The third kappa shape index (κ3) is 50.1. The van der Waals surface area contributed by atoms with E-state index in [-0.39, 0.29) is 31.1 Å². The average molecular weight is 962 g/mol. The fraction of sp³-hybridized carbons (Fsp3) is 0.828. The van der Waals surface area contributed by atoms with E-state index in [1.807, 2.05) is 0 Å². The number of hydrogen-bond acceptors (Lipinski definition) is 10. The van der Waals surface area contributed by atoms with Gasteiger partial charge in [0.25, 0.3) is 0 Å². The molecule has 0 aliphatic carbocycles. The zero-order valence-electron chi connectivity index (χ0n) is 44.6. The third-order valence-electron chi connectivity index (χ3n) is 11.7. The Morgan fingerprint density at radius 2 is 0.691 bits per heavy atom. The van der Waals surface area contributed by atoms with Gasteiger partial charge >= 0.3 is 11.9 Å². The van der Waals surface area contributed by atoms with Gasteiger partial charge in [0.1, 0.15) is 0 Å². The van der Waals surface area contributed by atoms with Crippen molar-refractivity contribution in [3.63, 3.8) is 0 Å². The summed E-state index contributed by atoms with van der Waals surface area (Å²) in [6.07, 6.45) is 48.7. The predicted molar refractivity (Wildman–Crippen MR) is 284 cm³/mol. The number of esters is 2. The van der Waals surface area contributed by atoms with Crippen LogP contribution < -0.4 is 0 Å². The standard InChI is InChI=1S/C58H107NO9/c1-5-9-13-17-25-35-51-65-57(66-52-36-26-18-14-10-6-2)43-39-41-55(61)63-49-33-29-21-23-31-45-59(47-48-60)46-32-24-22-30-34-50-64-56(62)42-40-44-58(67-53-37-27-19-15-11-7-3)68-54-38-28-20-16-12-8-4/h9-16,57-58,60H,5-8,17-54H2,1-4H3/b13-9-,14-10-,15-11-,16-12-. The van der Waals surface area contributed by atoms with E-state index < -0.39 is 0 Å². The molecule has 68 heavy (non-hydrogen) atoms. The summed E-state index contributed by atoms with van der Waals surface area (Å²) in [6.45, 7) is 15.2. The molecule has 10 heteroatoms. The number of unbranched alkanes of at least 4 members (excludes halogenated alkanes) is 16. The normalized spacial score (nSPS) is 12.2. The first kappa shape index (κ1) is 65.7. The van der Waals surface area contributed by atoms with Crippen molar-refractivity contribution in [2.75, 3.05) is 65.9 Å². The molecular formula is C58H107NO9. The van der Waals surface area contributed by atoms with Gasteiger partial charge in [0.2, 0.25) is 0 Å². The van der Waals surface area contributed by atoms with Crippen molar-refractivity contribution in [2.24, 2.45) is 0 Å². The highest BCUT2D eigenvalue weighted by molar-refractivity contribution is 5.69. The molecule has 10 nitrogen and oxygen atoms in total. The first-order valence-electron chi connectivity index (χ1n) is 28.2. The molecule has 398 valence electrons. The topological polar surface area (TPSA) is 113 Å². The van der Waals surface area contributed by atoms with Crippen LogP contribution in [0.2, 0.25) is 0 Å². The van der Waals surface area contributed by atoms with Gasteiger partial charge in [-0.25, -0.2) is 0 Å². The summed E-state index contributed by atoms with van der Waals surface area (Å²) < 4.78 is 35.5. The molecule has 1 N–H and O–H groups in total. The summed E-state index contributed by atoms with van der Waals surface area (Å²) >= 11 is 0. The Balaban J connectivity index is 4.11. The number of rotatable bonds is 54. The second kappa shape index (κ2) is 55.6. The lowest BCUT2D eigenvalue weighted by Gasteiger charge is -2.21. The molecule has 0 aliphatic heterocycles. The molecule has 0 aromatic heterocycles. The molecule has 0 amide bonds.